The molecule has 1 N–H and O–H groups in total. The van der Waals surface area contributed by atoms with E-state index in [0.29, 0.717) is 28.4 Å². The molecule has 0 aromatic heterocycles. The minimum absolute atomic E-state index is 0.124. The molecule has 0 atom stereocenters. The van der Waals surface area contributed by atoms with Crippen LogP contribution in [-0.2, 0) is 16.6 Å². The number of anilines is 1. The number of amides is 1. The van der Waals surface area contributed by atoms with Crippen LogP contribution in [0.2, 0.25) is 5.02 Å². The molecule has 0 radical (unpaired) electrons. The Bertz CT molecular complexity index is 1000. The molecular formula is C24H32ClN3O3S. The Kier molecular flexibility index (Phi) is 8.57. The summed E-state index contributed by atoms with van der Waals surface area (Å²) in [5.41, 5.74) is 1.71. The van der Waals surface area contributed by atoms with Gasteiger partial charge in [0.25, 0.3) is 5.91 Å². The molecule has 1 saturated heterocycles. The highest BCUT2D eigenvalue weighted by atomic mass is 35.5. The quantitative estimate of drug-likeness (QED) is 0.550. The van der Waals surface area contributed by atoms with Gasteiger partial charge >= 0.3 is 0 Å². The van der Waals surface area contributed by atoms with E-state index in [0.717, 1.165) is 38.2 Å². The normalized spacial score (nSPS) is 15.5. The van der Waals surface area contributed by atoms with Gasteiger partial charge in [-0.1, -0.05) is 36.7 Å². The molecule has 2 aromatic carbocycles. The summed E-state index contributed by atoms with van der Waals surface area (Å²) in [6, 6.07) is 13.8. The van der Waals surface area contributed by atoms with Gasteiger partial charge in [0.2, 0.25) is 10.0 Å². The predicted octanol–water partition coefficient (Wildman–Crippen LogP) is 4.16. The number of likely N-dealkylation sites (tertiary alicyclic amines) is 1. The second-order valence-electron chi connectivity index (χ2n) is 8.54. The maximum Gasteiger partial charge on any atom is 0.251 e. The van der Waals surface area contributed by atoms with Crippen molar-refractivity contribution >= 4 is 33.2 Å². The molecule has 8 heteroatoms. The number of sulfonamides is 1. The number of hydrogen-bond acceptors (Lipinski definition) is 4. The molecule has 1 heterocycles. The maximum absolute atomic E-state index is 12.5. The van der Waals surface area contributed by atoms with E-state index in [1.807, 2.05) is 6.07 Å². The Morgan fingerprint density at radius 1 is 1.12 bits per heavy atom. The van der Waals surface area contributed by atoms with E-state index >= 15 is 0 Å². The van der Waals surface area contributed by atoms with Gasteiger partial charge in [-0.25, -0.2) is 8.42 Å². The van der Waals surface area contributed by atoms with Crippen molar-refractivity contribution in [3.8, 4) is 0 Å². The third kappa shape index (κ3) is 6.95. The van der Waals surface area contributed by atoms with Gasteiger partial charge in [0.15, 0.2) is 0 Å². The number of halogens is 1. The Morgan fingerprint density at radius 3 is 2.41 bits per heavy atom. The molecule has 0 bridgehead atoms. The molecule has 0 saturated carbocycles. The number of nitrogens with zero attached hydrogens (tertiary/aromatic N) is 2. The van der Waals surface area contributed by atoms with E-state index in [2.05, 4.69) is 17.1 Å². The third-order valence-corrected chi connectivity index (χ3v) is 7.41. The minimum atomic E-state index is -3.53. The van der Waals surface area contributed by atoms with Crippen molar-refractivity contribution in [2.24, 2.45) is 5.92 Å². The molecule has 1 aliphatic rings. The van der Waals surface area contributed by atoms with E-state index < -0.39 is 10.0 Å². The fraction of sp³-hybridized carbons (Fsp3) is 0.458. The largest absolute Gasteiger partial charge is 0.352 e. The van der Waals surface area contributed by atoms with Crippen LogP contribution < -0.4 is 9.62 Å². The van der Waals surface area contributed by atoms with Crippen molar-refractivity contribution in [3.63, 3.8) is 0 Å². The van der Waals surface area contributed by atoms with Gasteiger partial charge < -0.3 is 10.2 Å². The third-order valence-electron chi connectivity index (χ3n) is 5.90. The van der Waals surface area contributed by atoms with Gasteiger partial charge in [-0.3, -0.25) is 9.10 Å². The molecule has 0 aliphatic carbocycles. The number of piperidine rings is 1. The summed E-state index contributed by atoms with van der Waals surface area (Å²) < 4.78 is 26.1. The zero-order chi connectivity index (χ0) is 23.1. The average Bonchev–Trinajstić information content (AvgIpc) is 2.76. The topological polar surface area (TPSA) is 69.7 Å². The standard InChI is InChI=1S/C24H32ClN3O3S/c1-19-12-16-27(17-13-19)15-5-14-26-24(29)20-8-10-22(11-9-20)28(32(2,30)31)18-21-6-3-4-7-23(21)25/h3-4,6-11,19H,5,12-18H2,1-2H3,(H,26,29). The van der Waals surface area contributed by atoms with Crippen LogP contribution in [0.4, 0.5) is 5.69 Å². The van der Waals surface area contributed by atoms with Gasteiger partial charge in [-0.15, -0.1) is 0 Å². The zero-order valence-electron chi connectivity index (χ0n) is 18.8. The Hall–Kier alpha value is -2.09. The molecule has 0 spiro atoms. The summed E-state index contributed by atoms with van der Waals surface area (Å²) >= 11 is 6.21. The molecule has 1 aliphatic heterocycles. The molecule has 32 heavy (non-hydrogen) atoms. The lowest BCUT2D eigenvalue weighted by molar-refractivity contribution is 0.0950. The number of carbonyl (C=O) groups excluding carboxylic acids is 1. The number of hydrogen-bond donors (Lipinski definition) is 1. The van der Waals surface area contributed by atoms with Gasteiger partial charge in [0.1, 0.15) is 0 Å². The van der Waals surface area contributed by atoms with E-state index in [9.17, 15) is 13.2 Å². The summed E-state index contributed by atoms with van der Waals surface area (Å²) in [4.78, 5) is 14.9. The summed E-state index contributed by atoms with van der Waals surface area (Å²) in [5.74, 6) is 0.665. The molecule has 1 fully saturated rings. The highest BCUT2D eigenvalue weighted by molar-refractivity contribution is 7.92. The molecule has 1 amide bonds. The summed E-state index contributed by atoms with van der Waals surface area (Å²) in [5, 5.41) is 3.47. The SMILES string of the molecule is CC1CCN(CCCNC(=O)c2ccc(N(Cc3ccccc3Cl)S(C)(=O)=O)cc2)CC1. The lowest BCUT2D eigenvalue weighted by Crippen LogP contribution is -2.35. The highest BCUT2D eigenvalue weighted by Crippen LogP contribution is 2.24. The van der Waals surface area contributed by atoms with Crippen molar-refractivity contribution in [1.29, 1.82) is 0 Å². The van der Waals surface area contributed by atoms with Crippen molar-refractivity contribution < 1.29 is 13.2 Å². The smallest absolute Gasteiger partial charge is 0.251 e. The Labute approximate surface area is 196 Å². The number of benzene rings is 2. The van der Waals surface area contributed by atoms with Crippen LogP contribution in [0.1, 0.15) is 42.1 Å². The molecule has 0 unspecified atom stereocenters. The summed E-state index contributed by atoms with van der Waals surface area (Å²) in [6.07, 6.45) is 4.57. The van der Waals surface area contributed by atoms with Crippen molar-refractivity contribution in [2.75, 3.05) is 36.7 Å². The van der Waals surface area contributed by atoms with E-state index in [-0.39, 0.29) is 12.5 Å². The van der Waals surface area contributed by atoms with E-state index in [4.69, 9.17) is 11.6 Å². The van der Waals surface area contributed by atoms with Crippen LogP contribution in [0.15, 0.2) is 48.5 Å². The maximum atomic E-state index is 12.5. The monoisotopic (exact) mass is 477 g/mol. The minimum Gasteiger partial charge on any atom is -0.352 e. The molecule has 6 nitrogen and oxygen atoms in total. The predicted molar refractivity (Wildman–Crippen MR) is 131 cm³/mol. The highest BCUT2D eigenvalue weighted by Gasteiger charge is 2.20. The zero-order valence-corrected chi connectivity index (χ0v) is 20.3. The van der Waals surface area contributed by atoms with Gasteiger partial charge in [0, 0.05) is 17.1 Å². The van der Waals surface area contributed by atoms with Crippen molar-refractivity contribution in [1.82, 2.24) is 10.2 Å². The van der Waals surface area contributed by atoms with Crippen LogP contribution >= 0.6 is 11.6 Å². The van der Waals surface area contributed by atoms with E-state index in [1.54, 1.807) is 42.5 Å². The molecule has 2 aromatic rings. The van der Waals surface area contributed by atoms with Crippen LogP contribution in [0, 0.1) is 5.92 Å². The van der Waals surface area contributed by atoms with Crippen LogP contribution in [0.3, 0.4) is 0 Å². The Balaban J connectivity index is 1.56. The average molecular weight is 478 g/mol. The number of rotatable bonds is 9. The number of carbonyl (C=O) groups is 1. The number of nitrogens with one attached hydrogen (secondary N) is 1. The second kappa shape index (κ2) is 11.2. The fourth-order valence-electron chi connectivity index (χ4n) is 3.85. The molecular weight excluding hydrogens is 446 g/mol. The summed E-state index contributed by atoms with van der Waals surface area (Å²) in [7, 11) is -3.53. The van der Waals surface area contributed by atoms with Gasteiger partial charge in [0.05, 0.1) is 18.5 Å². The van der Waals surface area contributed by atoms with Crippen molar-refractivity contribution in [3.05, 3.63) is 64.7 Å². The van der Waals surface area contributed by atoms with E-state index in [1.165, 1.54) is 17.1 Å². The molecule has 3 rings (SSSR count). The van der Waals surface area contributed by atoms with Gasteiger partial charge in [-0.05, 0) is 80.7 Å². The first kappa shape index (κ1) is 24.6. The van der Waals surface area contributed by atoms with Crippen LogP contribution in [0.5, 0.6) is 0 Å². The molecule has 174 valence electrons. The van der Waals surface area contributed by atoms with Crippen LogP contribution in [-0.4, -0.2) is 51.7 Å². The first-order valence-electron chi connectivity index (χ1n) is 11.1. The van der Waals surface area contributed by atoms with Gasteiger partial charge in [-0.2, -0.15) is 0 Å². The second-order valence-corrected chi connectivity index (χ2v) is 10.9. The first-order chi connectivity index (χ1) is 15.2. The first-order valence-corrected chi connectivity index (χ1v) is 13.3. The fourth-order valence-corrected chi connectivity index (χ4v) is 4.93. The summed E-state index contributed by atoms with van der Waals surface area (Å²) in [6.45, 7) is 6.32. The lowest BCUT2D eigenvalue weighted by atomic mass is 9.99. The lowest BCUT2D eigenvalue weighted by Gasteiger charge is -2.30. The Morgan fingerprint density at radius 2 is 1.78 bits per heavy atom. The van der Waals surface area contributed by atoms with Crippen LogP contribution in [0.25, 0.3) is 0 Å². The van der Waals surface area contributed by atoms with Crippen molar-refractivity contribution in [2.45, 2.75) is 32.7 Å².